The predicted molar refractivity (Wildman–Crippen MR) is 64.1 cm³/mol. The summed E-state index contributed by atoms with van der Waals surface area (Å²) in [5, 5.41) is 12.6. The molecule has 2 heterocycles. The molecule has 1 aliphatic rings. The molecule has 1 aliphatic heterocycles. The Labute approximate surface area is 104 Å². The fourth-order valence-electron chi connectivity index (χ4n) is 1.14. The van der Waals surface area contributed by atoms with Crippen molar-refractivity contribution in [2.75, 3.05) is 20.2 Å². The molecule has 1 fully saturated rings. The van der Waals surface area contributed by atoms with Gasteiger partial charge in [0.2, 0.25) is 0 Å². The van der Waals surface area contributed by atoms with Crippen LogP contribution in [-0.2, 0) is 0 Å². The molecule has 1 N–H and O–H groups in total. The van der Waals surface area contributed by atoms with E-state index in [-0.39, 0.29) is 0 Å². The van der Waals surface area contributed by atoms with Crippen molar-refractivity contribution < 1.29 is 9.66 Å². The van der Waals surface area contributed by atoms with Gasteiger partial charge in [-0.2, -0.15) is 0 Å². The quantitative estimate of drug-likeness (QED) is 0.504. The zero-order chi connectivity index (χ0) is 12.7. The number of rotatable bonds is 3. The summed E-state index contributed by atoms with van der Waals surface area (Å²) in [6, 6.07) is 4.06. The lowest BCUT2D eigenvalue weighted by atomic mass is 10.1. The Morgan fingerprint density at radius 3 is 2.76 bits per heavy atom. The second kappa shape index (κ2) is 7.03. The smallest absolute Gasteiger partial charge is 0.194 e. The van der Waals surface area contributed by atoms with E-state index in [2.05, 4.69) is 10.3 Å². The highest BCUT2D eigenvalue weighted by Crippen LogP contribution is 2.13. The van der Waals surface area contributed by atoms with Crippen LogP contribution >= 0.6 is 11.6 Å². The lowest BCUT2D eigenvalue weighted by Crippen LogP contribution is -2.46. The molecular formula is C10H14ClN3O3. The average Bonchev–Trinajstić information content (AvgIpc) is 2.18. The van der Waals surface area contributed by atoms with Gasteiger partial charge in [-0.15, -0.1) is 0 Å². The van der Waals surface area contributed by atoms with Crippen molar-refractivity contribution in [2.24, 2.45) is 0 Å². The van der Waals surface area contributed by atoms with Crippen LogP contribution in [-0.4, -0.2) is 36.1 Å². The van der Waals surface area contributed by atoms with Gasteiger partial charge < -0.3 is 10.1 Å². The van der Waals surface area contributed by atoms with Gasteiger partial charge in [0, 0.05) is 11.0 Å². The van der Waals surface area contributed by atoms with E-state index in [4.69, 9.17) is 26.5 Å². The first kappa shape index (κ1) is 13.7. The Morgan fingerprint density at radius 1 is 1.71 bits per heavy atom. The van der Waals surface area contributed by atoms with Crippen LogP contribution in [0.3, 0.4) is 0 Å². The molecule has 1 aromatic rings. The molecule has 7 heteroatoms. The van der Waals surface area contributed by atoms with E-state index in [0.717, 1.165) is 19.3 Å². The van der Waals surface area contributed by atoms with Gasteiger partial charge in [-0.25, -0.2) is 4.98 Å². The summed E-state index contributed by atoms with van der Waals surface area (Å²) in [4.78, 5) is 12.2. The zero-order valence-corrected chi connectivity index (χ0v) is 10.2. The van der Waals surface area contributed by atoms with E-state index in [1.807, 2.05) is 6.07 Å². The molecule has 0 aliphatic carbocycles. The SMILES string of the molecule is C[N+](=O)[O-].Clc1ccc(OCC2CCN2)cn1. The molecule has 0 bridgehead atoms. The summed E-state index contributed by atoms with van der Waals surface area (Å²) in [6.07, 6.45) is 2.84. The minimum Gasteiger partial charge on any atom is -0.490 e. The molecule has 0 saturated carbocycles. The highest BCUT2D eigenvalue weighted by molar-refractivity contribution is 6.29. The highest BCUT2D eigenvalue weighted by Gasteiger charge is 2.16. The fraction of sp³-hybridized carbons (Fsp3) is 0.500. The standard InChI is InChI=1S/C9H11ClN2O.CH3NO2/c10-9-2-1-8(5-12-9)13-6-7-3-4-11-7;1-2(3)4/h1-2,5,7,11H,3-4,6H2;1H3. The minimum absolute atomic E-state index is 0.495. The molecule has 17 heavy (non-hydrogen) atoms. The van der Waals surface area contributed by atoms with Crippen LogP contribution in [0.4, 0.5) is 0 Å². The molecule has 0 spiro atoms. The van der Waals surface area contributed by atoms with E-state index < -0.39 is 4.92 Å². The minimum atomic E-state index is -0.500. The lowest BCUT2D eigenvalue weighted by molar-refractivity contribution is -0.445. The van der Waals surface area contributed by atoms with Gasteiger partial charge in [0.05, 0.1) is 6.20 Å². The second-order valence-electron chi connectivity index (χ2n) is 3.51. The van der Waals surface area contributed by atoms with E-state index >= 15 is 0 Å². The first-order chi connectivity index (χ1) is 8.08. The van der Waals surface area contributed by atoms with Gasteiger partial charge >= 0.3 is 0 Å². The average molecular weight is 260 g/mol. The van der Waals surface area contributed by atoms with Crippen molar-refractivity contribution in [3.63, 3.8) is 0 Å². The lowest BCUT2D eigenvalue weighted by Gasteiger charge is -2.27. The number of pyridine rings is 1. The van der Waals surface area contributed by atoms with Crippen molar-refractivity contribution >= 4 is 11.6 Å². The Balaban J connectivity index is 0.000000317. The first-order valence-corrected chi connectivity index (χ1v) is 5.51. The van der Waals surface area contributed by atoms with Gasteiger partial charge in [0.15, 0.2) is 7.05 Å². The van der Waals surface area contributed by atoms with Crippen LogP contribution in [0.5, 0.6) is 5.75 Å². The summed E-state index contributed by atoms with van der Waals surface area (Å²) in [7, 11) is 0.889. The first-order valence-electron chi connectivity index (χ1n) is 5.13. The maximum atomic E-state index is 8.81. The van der Waals surface area contributed by atoms with Crippen molar-refractivity contribution in [3.8, 4) is 5.75 Å². The number of aromatic nitrogens is 1. The second-order valence-corrected chi connectivity index (χ2v) is 3.89. The number of nitro groups is 1. The number of hydrogen-bond acceptors (Lipinski definition) is 5. The Bertz CT molecular complexity index is 350. The molecule has 1 aromatic heterocycles. The molecule has 94 valence electrons. The normalized spacial score (nSPS) is 17.4. The van der Waals surface area contributed by atoms with Crippen LogP contribution in [0.1, 0.15) is 6.42 Å². The number of nitrogens with zero attached hydrogens (tertiary/aromatic N) is 2. The van der Waals surface area contributed by atoms with Crippen LogP contribution < -0.4 is 10.1 Å². The van der Waals surface area contributed by atoms with Gasteiger partial charge in [-0.05, 0) is 25.1 Å². The van der Waals surface area contributed by atoms with E-state index in [0.29, 0.717) is 17.8 Å². The fourth-order valence-corrected chi connectivity index (χ4v) is 1.25. The Hall–Kier alpha value is -1.40. The van der Waals surface area contributed by atoms with Crippen LogP contribution in [0.25, 0.3) is 0 Å². The molecule has 0 aromatic carbocycles. The summed E-state index contributed by atoms with van der Waals surface area (Å²) in [5.41, 5.74) is 0. The van der Waals surface area contributed by atoms with Crippen LogP contribution in [0.15, 0.2) is 18.3 Å². The van der Waals surface area contributed by atoms with E-state index in [1.165, 1.54) is 6.42 Å². The van der Waals surface area contributed by atoms with E-state index in [1.54, 1.807) is 12.3 Å². The van der Waals surface area contributed by atoms with Crippen molar-refractivity contribution in [2.45, 2.75) is 12.5 Å². The molecule has 2 rings (SSSR count). The molecule has 0 radical (unpaired) electrons. The van der Waals surface area contributed by atoms with Gasteiger partial charge in [0.1, 0.15) is 17.5 Å². The molecule has 0 amide bonds. The summed E-state index contributed by atoms with van der Waals surface area (Å²) in [5.74, 6) is 0.776. The van der Waals surface area contributed by atoms with Crippen molar-refractivity contribution in [3.05, 3.63) is 33.6 Å². The van der Waals surface area contributed by atoms with Crippen molar-refractivity contribution in [1.29, 1.82) is 0 Å². The third-order valence-corrected chi connectivity index (χ3v) is 2.30. The van der Waals surface area contributed by atoms with Gasteiger partial charge in [0.25, 0.3) is 0 Å². The third-order valence-electron chi connectivity index (χ3n) is 2.08. The monoisotopic (exact) mass is 259 g/mol. The maximum absolute atomic E-state index is 8.81. The number of ether oxygens (including phenoxy) is 1. The molecule has 1 atom stereocenters. The predicted octanol–water partition coefficient (Wildman–Crippen LogP) is 1.37. The van der Waals surface area contributed by atoms with Crippen LogP contribution in [0, 0.1) is 10.1 Å². The molecule has 1 unspecified atom stereocenters. The largest absolute Gasteiger partial charge is 0.490 e. The molecule has 6 nitrogen and oxygen atoms in total. The Morgan fingerprint density at radius 2 is 2.35 bits per heavy atom. The summed E-state index contributed by atoms with van der Waals surface area (Å²) < 4.78 is 5.48. The number of halogens is 1. The third kappa shape index (κ3) is 6.03. The molecular weight excluding hydrogens is 246 g/mol. The summed E-state index contributed by atoms with van der Waals surface area (Å²) in [6.45, 7) is 1.82. The molecule has 1 saturated heterocycles. The van der Waals surface area contributed by atoms with Crippen LogP contribution in [0.2, 0.25) is 5.15 Å². The zero-order valence-electron chi connectivity index (χ0n) is 9.43. The van der Waals surface area contributed by atoms with Crippen molar-refractivity contribution in [1.82, 2.24) is 10.3 Å². The topological polar surface area (TPSA) is 77.3 Å². The Kier molecular flexibility index (Phi) is 5.65. The van der Waals surface area contributed by atoms with Gasteiger partial charge in [-0.3, -0.25) is 10.1 Å². The van der Waals surface area contributed by atoms with E-state index in [9.17, 15) is 0 Å². The number of nitrogens with one attached hydrogen (secondary N) is 1. The van der Waals surface area contributed by atoms with Gasteiger partial charge in [-0.1, -0.05) is 11.6 Å². The highest BCUT2D eigenvalue weighted by atomic mass is 35.5. The summed E-state index contributed by atoms with van der Waals surface area (Å²) >= 11 is 5.63. The maximum Gasteiger partial charge on any atom is 0.194 e. The number of hydrogen-bond donors (Lipinski definition) is 1.